The lowest BCUT2D eigenvalue weighted by molar-refractivity contribution is 0.0606. The van der Waals surface area contributed by atoms with Gasteiger partial charge >= 0.3 is 5.97 Å². The van der Waals surface area contributed by atoms with Gasteiger partial charge in [-0.2, -0.15) is 0 Å². The number of carbonyl (C=O) groups is 1. The molecule has 2 rings (SSSR count). The summed E-state index contributed by atoms with van der Waals surface area (Å²) in [6, 6.07) is 1.82. The molecule has 0 atom stereocenters. The highest BCUT2D eigenvalue weighted by atomic mass is 79.9. The molecule has 0 N–H and O–H groups in total. The van der Waals surface area contributed by atoms with Gasteiger partial charge in [-0.1, -0.05) is 21.1 Å². The van der Waals surface area contributed by atoms with E-state index in [-0.39, 0.29) is 5.97 Å². The van der Waals surface area contributed by atoms with E-state index < -0.39 is 0 Å². The fourth-order valence-corrected chi connectivity index (χ4v) is 2.44. The summed E-state index contributed by atoms with van der Waals surface area (Å²) in [5.41, 5.74) is 1.58. The molecule has 0 unspecified atom stereocenters. The second kappa shape index (κ2) is 4.75. The van der Waals surface area contributed by atoms with Gasteiger partial charge in [0.2, 0.25) is 0 Å². The van der Waals surface area contributed by atoms with Crippen LogP contribution >= 0.6 is 27.3 Å². The molecule has 7 heteroatoms. The average Bonchev–Trinajstić information content (AvgIpc) is 2.94. The van der Waals surface area contributed by atoms with E-state index >= 15 is 0 Å². The summed E-state index contributed by atoms with van der Waals surface area (Å²) in [6.07, 6.45) is 1.65. The van der Waals surface area contributed by atoms with Gasteiger partial charge in [0.1, 0.15) is 4.88 Å². The van der Waals surface area contributed by atoms with Gasteiger partial charge in [-0.3, -0.25) is 0 Å². The Hall–Kier alpha value is -1.21. The Labute approximate surface area is 104 Å². The van der Waals surface area contributed by atoms with Crippen molar-refractivity contribution in [3.63, 3.8) is 0 Å². The average molecular weight is 302 g/mol. The summed E-state index contributed by atoms with van der Waals surface area (Å²) in [7, 11) is 1.36. The van der Waals surface area contributed by atoms with Crippen LogP contribution in [0.25, 0.3) is 5.69 Å². The molecule has 0 aliphatic rings. The molecular formula is C9H8BrN3O2S. The van der Waals surface area contributed by atoms with Gasteiger partial charge in [0.25, 0.3) is 0 Å². The molecule has 16 heavy (non-hydrogen) atoms. The summed E-state index contributed by atoms with van der Waals surface area (Å²) < 4.78 is 6.33. The number of nitrogens with zero attached hydrogens (tertiary/aromatic N) is 3. The fourth-order valence-electron chi connectivity index (χ4n) is 1.26. The fraction of sp³-hybridized carbons (Fsp3) is 0.222. The largest absolute Gasteiger partial charge is 0.465 e. The lowest BCUT2D eigenvalue weighted by atomic mass is 10.3. The molecular weight excluding hydrogens is 294 g/mol. The molecule has 5 nitrogen and oxygen atoms in total. The van der Waals surface area contributed by atoms with E-state index in [0.29, 0.717) is 15.9 Å². The van der Waals surface area contributed by atoms with E-state index in [1.807, 2.05) is 11.4 Å². The number of halogens is 1. The van der Waals surface area contributed by atoms with Crippen molar-refractivity contribution in [1.82, 2.24) is 15.0 Å². The zero-order valence-electron chi connectivity index (χ0n) is 8.38. The first-order valence-electron chi connectivity index (χ1n) is 4.39. The van der Waals surface area contributed by atoms with Crippen molar-refractivity contribution in [2.45, 2.75) is 5.33 Å². The Kier molecular flexibility index (Phi) is 3.35. The van der Waals surface area contributed by atoms with Crippen molar-refractivity contribution in [2.75, 3.05) is 7.11 Å². The van der Waals surface area contributed by atoms with Crippen LogP contribution in [0.2, 0.25) is 0 Å². The van der Waals surface area contributed by atoms with Crippen molar-refractivity contribution in [3.05, 3.63) is 28.2 Å². The van der Waals surface area contributed by atoms with Crippen LogP contribution in [0.4, 0.5) is 0 Å². The zero-order chi connectivity index (χ0) is 11.5. The minimum Gasteiger partial charge on any atom is -0.465 e. The number of ether oxygens (including phenoxy) is 1. The number of alkyl halides is 1. The highest BCUT2D eigenvalue weighted by molar-refractivity contribution is 9.08. The van der Waals surface area contributed by atoms with Crippen molar-refractivity contribution in [1.29, 1.82) is 0 Å². The Morgan fingerprint density at radius 1 is 1.69 bits per heavy atom. The third-order valence-electron chi connectivity index (χ3n) is 2.00. The maximum atomic E-state index is 11.5. The van der Waals surface area contributed by atoms with E-state index in [2.05, 4.69) is 26.2 Å². The number of carbonyl (C=O) groups excluding carboxylic acids is 1. The molecule has 0 radical (unpaired) electrons. The monoisotopic (exact) mass is 301 g/mol. The van der Waals surface area contributed by atoms with Crippen LogP contribution in [0.15, 0.2) is 17.6 Å². The van der Waals surface area contributed by atoms with E-state index in [0.717, 1.165) is 5.69 Å². The molecule has 0 spiro atoms. The minimum absolute atomic E-state index is 0.360. The van der Waals surface area contributed by atoms with Crippen LogP contribution < -0.4 is 0 Å². The Balaban J connectivity index is 2.48. The lowest BCUT2D eigenvalue weighted by Gasteiger charge is -2.03. The highest BCUT2D eigenvalue weighted by Crippen LogP contribution is 2.23. The number of hydrogen-bond donors (Lipinski definition) is 0. The number of esters is 1. The summed E-state index contributed by atoms with van der Waals surface area (Å²) in [5, 5.41) is 10.2. The molecule has 0 aliphatic carbocycles. The maximum absolute atomic E-state index is 11.5. The maximum Gasteiger partial charge on any atom is 0.350 e. The molecule has 0 saturated carbocycles. The topological polar surface area (TPSA) is 57.0 Å². The first-order valence-corrected chi connectivity index (χ1v) is 6.39. The lowest BCUT2D eigenvalue weighted by Crippen LogP contribution is -2.07. The second-order valence-corrected chi connectivity index (χ2v) is 4.37. The summed E-state index contributed by atoms with van der Waals surface area (Å²) in [4.78, 5) is 12.0. The van der Waals surface area contributed by atoms with E-state index in [1.54, 1.807) is 10.9 Å². The first-order chi connectivity index (χ1) is 7.77. The standard InChI is InChI=1S/C9H8BrN3O2S/c1-15-9(14)8-7(2-3-16-8)13-6(4-10)5-11-12-13/h2-3,5H,4H2,1H3. The van der Waals surface area contributed by atoms with Gasteiger partial charge in [0.15, 0.2) is 0 Å². The SMILES string of the molecule is COC(=O)c1sccc1-n1nncc1CBr. The van der Waals surface area contributed by atoms with Crippen LogP contribution in [0.5, 0.6) is 0 Å². The number of hydrogen-bond acceptors (Lipinski definition) is 5. The second-order valence-electron chi connectivity index (χ2n) is 2.90. The zero-order valence-corrected chi connectivity index (χ0v) is 10.8. The molecule has 2 aromatic heterocycles. The van der Waals surface area contributed by atoms with Gasteiger partial charge < -0.3 is 4.74 Å². The van der Waals surface area contributed by atoms with E-state index in [1.165, 1.54) is 18.4 Å². The minimum atomic E-state index is -0.360. The summed E-state index contributed by atoms with van der Waals surface area (Å²) in [6.45, 7) is 0. The Morgan fingerprint density at radius 2 is 2.50 bits per heavy atom. The number of thiophene rings is 1. The number of aromatic nitrogens is 3. The van der Waals surface area contributed by atoms with Crippen molar-refractivity contribution >= 4 is 33.2 Å². The van der Waals surface area contributed by atoms with Crippen LogP contribution in [-0.2, 0) is 10.1 Å². The quantitative estimate of drug-likeness (QED) is 0.643. The molecule has 0 saturated heterocycles. The van der Waals surface area contributed by atoms with Crippen molar-refractivity contribution in [2.24, 2.45) is 0 Å². The van der Waals surface area contributed by atoms with Gasteiger partial charge in [-0.05, 0) is 11.4 Å². The molecule has 0 bridgehead atoms. The summed E-state index contributed by atoms with van der Waals surface area (Å²) in [5.74, 6) is -0.360. The number of methoxy groups -OCH3 is 1. The van der Waals surface area contributed by atoms with E-state index in [4.69, 9.17) is 4.74 Å². The first kappa shape index (κ1) is 11.3. The van der Waals surface area contributed by atoms with Crippen LogP contribution in [0.3, 0.4) is 0 Å². The van der Waals surface area contributed by atoms with Gasteiger partial charge in [0.05, 0.1) is 24.7 Å². The molecule has 0 aliphatic heterocycles. The third kappa shape index (κ3) is 1.88. The highest BCUT2D eigenvalue weighted by Gasteiger charge is 2.17. The predicted octanol–water partition coefficient (Wildman–Crippen LogP) is 2.01. The summed E-state index contributed by atoms with van der Waals surface area (Å²) >= 11 is 4.66. The van der Waals surface area contributed by atoms with Crippen molar-refractivity contribution < 1.29 is 9.53 Å². The molecule has 0 fully saturated rings. The van der Waals surface area contributed by atoms with Gasteiger partial charge in [-0.15, -0.1) is 16.4 Å². The smallest absolute Gasteiger partial charge is 0.350 e. The Bertz CT molecular complexity index is 508. The van der Waals surface area contributed by atoms with Crippen LogP contribution in [0, 0.1) is 0 Å². The van der Waals surface area contributed by atoms with Gasteiger partial charge in [0, 0.05) is 5.33 Å². The predicted molar refractivity (Wildman–Crippen MR) is 63.2 cm³/mol. The molecule has 0 aromatic carbocycles. The molecule has 2 aromatic rings. The van der Waals surface area contributed by atoms with E-state index in [9.17, 15) is 4.79 Å². The van der Waals surface area contributed by atoms with Crippen LogP contribution in [-0.4, -0.2) is 28.1 Å². The Morgan fingerprint density at radius 3 is 3.19 bits per heavy atom. The molecule has 84 valence electrons. The van der Waals surface area contributed by atoms with Crippen LogP contribution in [0.1, 0.15) is 15.4 Å². The van der Waals surface area contributed by atoms with Crippen molar-refractivity contribution in [3.8, 4) is 5.69 Å². The molecule has 0 amide bonds. The normalized spacial score (nSPS) is 10.4. The van der Waals surface area contributed by atoms with Gasteiger partial charge in [-0.25, -0.2) is 9.48 Å². The molecule has 2 heterocycles. The third-order valence-corrected chi connectivity index (χ3v) is 3.46. The number of rotatable bonds is 3.